The summed E-state index contributed by atoms with van der Waals surface area (Å²) in [6.07, 6.45) is 2.17. The molecule has 1 heterocycles. The zero-order valence-corrected chi connectivity index (χ0v) is 16.2. The average molecular weight is 384 g/mol. The summed E-state index contributed by atoms with van der Waals surface area (Å²) in [6.45, 7) is 4.27. The van der Waals surface area contributed by atoms with Gasteiger partial charge >= 0.3 is 0 Å². The highest BCUT2D eigenvalue weighted by Gasteiger charge is 2.13. The third-order valence-corrected chi connectivity index (χ3v) is 4.76. The van der Waals surface area contributed by atoms with Crippen molar-refractivity contribution in [2.75, 3.05) is 5.32 Å². The summed E-state index contributed by atoms with van der Waals surface area (Å²) in [5.41, 5.74) is 1.84. The Hall–Kier alpha value is -2.66. The van der Waals surface area contributed by atoms with Crippen LogP contribution in [0.15, 0.2) is 47.3 Å². The fourth-order valence-electron chi connectivity index (χ4n) is 2.95. The Bertz CT molecular complexity index is 1030. The maximum atomic E-state index is 13.0. The van der Waals surface area contributed by atoms with Crippen molar-refractivity contribution in [3.05, 3.63) is 69.2 Å². The van der Waals surface area contributed by atoms with E-state index in [-0.39, 0.29) is 11.5 Å². The molecule has 1 N–H and O–H groups in total. The number of unbranched alkanes of at least 4 members (excludes halogenated alkanes) is 1. The van der Waals surface area contributed by atoms with Gasteiger partial charge in [-0.3, -0.25) is 14.2 Å². The van der Waals surface area contributed by atoms with Gasteiger partial charge in [-0.2, -0.15) is 0 Å². The molecule has 3 rings (SSSR count). The zero-order chi connectivity index (χ0) is 19.4. The minimum absolute atomic E-state index is 0.109. The maximum absolute atomic E-state index is 13.0. The number of hydrogen-bond acceptors (Lipinski definition) is 3. The van der Waals surface area contributed by atoms with Crippen LogP contribution in [0.4, 0.5) is 5.69 Å². The molecular formula is C21H22ClN3O2. The molecule has 140 valence electrons. The van der Waals surface area contributed by atoms with Gasteiger partial charge < -0.3 is 5.32 Å². The molecule has 0 aliphatic rings. The molecule has 1 amide bonds. The molecule has 0 aliphatic carbocycles. The first kappa shape index (κ1) is 19.1. The molecule has 5 nitrogen and oxygen atoms in total. The topological polar surface area (TPSA) is 64.0 Å². The highest BCUT2D eigenvalue weighted by Crippen LogP contribution is 2.26. The first-order chi connectivity index (χ1) is 13.0. The van der Waals surface area contributed by atoms with Crippen LogP contribution in [0.1, 0.15) is 37.6 Å². The summed E-state index contributed by atoms with van der Waals surface area (Å²) < 4.78 is 1.63. The van der Waals surface area contributed by atoms with E-state index in [1.807, 2.05) is 37.3 Å². The predicted octanol–water partition coefficient (Wildman–Crippen LogP) is 4.54. The number of aromatic nitrogens is 2. The SMILES string of the molecule is CCCCC(=O)Nc1cc2c(=O)n(Cc3ccccc3)c(C)nc2cc1Cl. The van der Waals surface area contributed by atoms with Crippen LogP contribution in [0.2, 0.25) is 5.02 Å². The molecule has 0 radical (unpaired) electrons. The van der Waals surface area contributed by atoms with E-state index in [4.69, 9.17) is 11.6 Å². The lowest BCUT2D eigenvalue weighted by Gasteiger charge is -2.13. The Kier molecular flexibility index (Phi) is 5.91. The second kappa shape index (κ2) is 8.35. The Morgan fingerprint density at radius 1 is 1.22 bits per heavy atom. The molecule has 0 atom stereocenters. The highest BCUT2D eigenvalue weighted by atomic mass is 35.5. The number of aryl methyl sites for hydroxylation is 1. The van der Waals surface area contributed by atoms with Crippen LogP contribution in [0.25, 0.3) is 10.9 Å². The normalized spacial score (nSPS) is 10.9. The van der Waals surface area contributed by atoms with Gasteiger partial charge in [-0.15, -0.1) is 0 Å². The van der Waals surface area contributed by atoms with Crippen LogP contribution in [-0.4, -0.2) is 15.5 Å². The van der Waals surface area contributed by atoms with Crippen LogP contribution >= 0.6 is 11.6 Å². The van der Waals surface area contributed by atoms with Crippen molar-refractivity contribution in [3.63, 3.8) is 0 Å². The minimum atomic E-state index is -0.151. The molecule has 0 bridgehead atoms. The fourth-order valence-corrected chi connectivity index (χ4v) is 3.16. The van der Waals surface area contributed by atoms with Crippen molar-refractivity contribution in [2.24, 2.45) is 0 Å². The summed E-state index contributed by atoms with van der Waals surface area (Å²) in [4.78, 5) is 29.6. The van der Waals surface area contributed by atoms with Gasteiger partial charge in [0.05, 0.1) is 28.2 Å². The maximum Gasteiger partial charge on any atom is 0.261 e. The van der Waals surface area contributed by atoms with Crippen molar-refractivity contribution in [1.29, 1.82) is 0 Å². The van der Waals surface area contributed by atoms with Gasteiger partial charge in [0.25, 0.3) is 5.56 Å². The fraction of sp³-hybridized carbons (Fsp3) is 0.286. The molecule has 3 aromatic rings. The van der Waals surface area contributed by atoms with Crippen molar-refractivity contribution >= 4 is 34.1 Å². The number of halogens is 1. The predicted molar refractivity (Wildman–Crippen MR) is 109 cm³/mol. The molecule has 0 spiro atoms. The Morgan fingerprint density at radius 2 is 1.96 bits per heavy atom. The zero-order valence-electron chi connectivity index (χ0n) is 15.5. The number of anilines is 1. The van der Waals surface area contributed by atoms with Gasteiger partial charge in [0.15, 0.2) is 0 Å². The van der Waals surface area contributed by atoms with Crippen molar-refractivity contribution < 1.29 is 4.79 Å². The summed E-state index contributed by atoms with van der Waals surface area (Å²) in [6, 6.07) is 13.0. The lowest BCUT2D eigenvalue weighted by atomic mass is 10.2. The second-order valence-corrected chi connectivity index (χ2v) is 6.94. The number of nitrogens with one attached hydrogen (secondary N) is 1. The van der Waals surface area contributed by atoms with E-state index in [9.17, 15) is 9.59 Å². The van der Waals surface area contributed by atoms with E-state index < -0.39 is 0 Å². The lowest BCUT2D eigenvalue weighted by Crippen LogP contribution is -2.24. The Morgan fingerprint density at radius 3 is 2.67 bits per heavy atom. The van der Waals surface area contributed by atoms with Gasteiger partial charge in [-0.05, 0) is 31.0 Å². The molecule has 0 unspecified atom stereocenters. The number of carbonyl (C=O) groups excluding carboxylic acids is 1. The van der Waals surface area contributed by atoms with Gasteiger partial charge in [-0.1, -0.05) is 55.3 Å². The molecule has 0 saturated heterocycles. The largest absolute Gasteiger partial charge is 0.325 e. The van der Waals surface area contributed by atoms with Crippen LogP contribution in [0.3, 0.4) is 0 Å². The van der Waals surface area contributed by atoms with Crippen LogP contribution < -0.4 is 10.9 Å². The molecule has 0 fully saturated rings. The summed E-state index contributed by atoms with van der Waals surface area (Å²) in [5.74, 6) is 0.509. The van der Waals surface area contributed by atoms with E-state index >= 15 is 0 Å². The standard InChI is InChI=1S/C21H22ClN3O2/c1-3-4-10-20(26)24-19-11-16-18(12-17(19)22)23-14(2)25(21(16)27)13-15-8-6-5-7-9-15/h5-9,11-12H,3-4,10,13H2,1-2H3,(H,24,26). The molecule has 6 heteroatoms. The van der Waals surface area contributed by atoms with Crippen LogP contribution in [-0.2, 0) is 11.3 Å². The first-order valence-electron chi connectivity index (χ1n) is 9.04. The number of hydrogen-bond donors (Lipinski definition) is 1. The van der Waals surface area contributed by atoms with Gasteiger partial charge in [0, 0.05) is 6.42 Å². The number of nitrogens with zero attached hydrogens (tertiary/aromatic N) is 2. The van der Waals surface area contributed by atoms with E-state index in [2.05, 4.69) is 10.3 Å². The van der Waals surface area contributed by atoms with E-state index in [0.29, 0.717) is 40.4 Å². The number of fused-ring (bicyclic) bond motifs is 1. The van der Waals surface area contributed by atoms with Crippen molar-refractivity contribution in [2.45, 2.75) is 39.7 Å². The second-order valence-electron chi connectivity index (χ2n) is 6.54. The summed E-state index contributed by atoms with van der Waals surface area (Å²) >= 11 is 6.29. The molecular weight excluding hydrogens is 362 g/mol. The lowest BCUT2D eigenvalue weighted by molar-refractivity contribution is -0.116. The molecule has 0 aliphatic heterocycles. The summed E-state index contributed by atoms with van der Waals surface area (Å²) in [5, 5.41) is 3.61. The van der Waals surface area contributed by atoms with Crippen LogP contribution in [0, 0.1) is 6.92 Å². The number of amides is 1. The molecule has 27 heavy (non-hydrogen) atoms. The molecule has 1 aromatic heterocycles. The van der Waals surface area contributed by atoms with Gasteiger partial charge in [0.2, 0.25) is 5.91 Å². The smallest absolute Gasteiger partial charge is 0.261 e. The highest BCUT2D eigenvalue weighted by molar-refractivity contribution is 6.34. The Balaban J connectivity index is 2.01. The third kappa shape index (κ3) is 4.37. The van der Waals surface area contributed by atoms with E-state index in [1.165, 1.54) is 0 Å². The first-order valence-corrected chi connectivity index (χ1v) is 9.42. The molecule has 0 saturated carbocycles. The third-order valence-electron chi connectivity index (χ3n) is 4.45. The number of benzene rings is 2. The number of carbonyl (C=O) groups is 1. The Labute approximate surface area is 163 Å². The van der Waals surface area contributed by atoms with Crippen LogP contribution in [0.5, 0.6) is 0 Å². The monoisotopic (exact) mass is 383 g/mol. The quantitative estimate of drug-likeness (QED) is 0.679. The molecule has 2 aromatic carbocycles. The van der Waals surface area contributed by atoms with Crippen molar-refractivity contribution in [1.82, 2.24) is 9.55 Å². The van der Waals surface area contributed by atoms with Gasteiger partial charge in [-0.25, -0.2) is 4.98 Å². The van der Waals surface area contributed by atoms with Crippen molar-refractivity contribution in [3.8, 4) is 0 Å². The average Bonchev–Trinajstić information content (AvgIpc) is 2.65. The van der Waals surface area contributed by atoms with E-state index in [1.54, 1.807) is 23.6 Å². The summed E-state index contributed by atoms with van der Waals surface area (Å²) in [7, 11) is 0. The van der Waals surface area contributed by atoms with E-state index in [0.717, 1.165) is 18.4 Å². The minimum Gasteiger partial charge on any atom is -0.325 e. The van der Waals surface area contributed by atoms with Gasteiger partial charge in [0.1, 0.15) is 5.82 Å². The number of rotatable bonds is 6.